The van der Waals surface area contributed by atoms with Gasteiger partial charge in [0.2, 0.25) is 0 Å². The van der Waals surface area contributed by atoms with Crippen LogP contribution in [0.5, 0.6) is 0 Å². The Morgan fingerprint density at radius 2 is 1.81 bits per heavy atom. The summed E-state index contributed by atoms with van der Waals surface area (Å²) in [5, 5.41) is 13.5. The first-order chi connectivity index (χ1) is 7.61. The summed E-state index contributed by atoms with van der Waals surface area (Å²) < 4.78 is 0. The topological polar surface area (TPSA) is 35.5 Å². The van der Waals surface area contributed by atoms with Crippen LogP contribution in [0, 0.1) is 0 Å². The van der Waals surface area contributed by atoms with Gasteiger partial charge in [-0.2, -0.15) is 0 Å². The maximum atomic E-state index is 10.1. The van der Waals surface area contributed by atoms with Crippen LogP contribution in [0.4, 0.5) is 0 Å². The van der Waals surface area contributed by atoms with Crippen molar-refractivity contribution >= 4 is 0 Å². The van der Waals surface area contributed by atoms with Crippen LogP contribution >= 0.6 is 0 Å². The lowest BCUT2D eigenvalue weighted by Crippen LogP contribution is -2.45. The quantitative estimate of drug-likeness (QED) is 0.695. The van der Waals surface area contributed by atoms with Crippen LogP contribution in [-0.2, 0) is 0 Å². The highest BCUT2D eigenvalue weighted by Crippen LogP contribution is 2.14. The highest BCUT2D eigenvalue weighted by molar-refractivity contribution is 4.80. The van der Waals surface area contributed by atoms with E-state index in [-0.39, 0.29) is 0 Å². The van der Waals surface area contributed by atoms with Crippen LogP contribution in [0.25, 0.3) is 0 Å². The Labute approximate surface area is 100 Å². The maximum Gasteiger partial charge on any atom is 0.0766 e. The summed E-state index contributed by atoms with van der Waals surface area (Å²) in [5.41, 5.74) is -0.509. The predicted octanol–water partition coefficient (Wildman–Crippen LogP) is 1.61. The Bertz CT molecular complexity index is 186. The van der Waals surface area contributed by atoms with Gasteiger partial charge in [0.15, 0.2) is 0 Å². The van der Waals surface area contributed by atoms with Gasteiger partial charge in [-0.1, -0.05) is 13.8 Å². The van der Waals surface area contributed by atoms with Gasteiger partial charge in [-0.25, -0.2) is 0 Å². The highest BCUT2D eigenvalue weighted by Gasteiger charge is 2.23. The summed E-state index contributed by atoms with van der Waals surface area (Å²) in [6, 6.07) is 0.598. The molecule has 0 spiro atoms. The lowest BCUT2D eigenvalue weighted by Gasteiger charge is -2.28. The third-order valence-electron chi connectivity index (χ3n) is 3.97. The average Bonchev–Trinajstić information content (AvgIpc) is 2.82. The van der Waals surface area contributed by atoms with Crippen molar-refractivity contribution in [1.29, 1.82) is 0 Å². The number of hydrogen-bond donors (Lipinski definition) is 2. The normalized spacial score (nSPS) is 20.2. The van der Waals surface area contributed by atoms with Crippen molar-refractivity contribution in [2.75, 3.05) is 26.2 Å². The molecule has 1 atom stereocenters. The van der Waals surface area contributed by atoms with E-state index in [1.54, 1.807) is 0 Å². The molecular weight excluding hydrogens is 200 g/mol. The largest absolute Gasteiger partial charge is 0.389 e. The molecule has 0 radical (unpaired) electrons. The second kappa shape index (κ2) is 6.58. The van der Waals surface area contributed by atoms with Gasteiger partial charge < -0.3 is 10.4 Å². The fourth-order valence-electron chi connectivity index (χ4n) is 2.33. The number of rotatable bonds is 7. The fourth-order valence-corrected chi connectivity index (χ4v) is 2.33. The summed E-state index contributed by atoms with van der Waals surface area (Å²) in [7, 11) is 0. The lowest BCUT2D eigenvalue weighted by atomic mass is 9.97. The van der Waals surface area contributed by atoms with Crippen molar-refractivity contribution in [3.05, 3.63) is 0 Å². The van der Waals surface area contributed by atoms with E-state index in [9.17, 15) is 5.11 Å². The predicted molar refractivity (Wildman–Crippen MR) is 68.7 cm³/mol. The van der Waals surface area contributed by atoms with Crippen molar-refractivity contribution in [1.82, 2.24) is 10.2 Å². The number of nitrogens with zero attached hydrogens (tertiary/aromatic N) is 1. The number of nitrogens with one attached hydrogen (secondary N) is 1. The van der Waals surface area contributed by atoms with Crippen LogP contribution in [0.2, 0.25) is 0 Å². The smallest absolute Gasteiger partial charge is 0.0766 e. The first-order valence-corrected chi connectivity index (χ1v) is 6.78. The Balaban J connectivity index is 2.18. The minimum atomic E-state index is -0.509. The zero-order chi connectivity index (χ0) is 12.0. The second-order valence-electron chi connectivity index (χ2n) is 5.15. The molecule has 1 aliphatic heterocycles. The Kier molecular flexibility index (Phi) is 5.73. The molecule has 3 nitrogen and oxygen atoms in total. The molecule has 1 fully saturated rings. The number of aliphatic hydroxyl groups is 1. The van der Waals surface area contributed by atoms with Gasteiger partial charge in [-0.15, -0.1) is 0 Å². The van der Waals surface area contributed by atoms with Crippen LogP contribution < -0.4 is 5.32 Å². The zero-order valence-corrected chi connectivity index (χ0v) is 11.1. The van der Waals surface area contributed by atoms with Crippen LogP contribution in [0.15, 0.2) is 0 Å². The maximum absolute atomic E-state index is 10.1. The summed E-state index contributed by atoms with van der Waals surface area (Å²) in [6.45, 7) is 10.6. The molecule has 0 saturated carbocycles. The molecule has 1 rings (SSSR count). The molecule has 1 aliphatic rings. The van der Waals surface area contributed by atoms with Crippen molar-refractivity contribution in [2.24, 2.45) is 0 Å². The lowest BCUT2D eigenvalue weighted by molar-refractivity contribution is 0.0312. The van der Waals surface area contributed by atoms with E-state index in [2.05, 4.69) is 31.0 Å². The van der Waals surface area contributed by atoms with E-state index in [4.69, 9.17) is 0 Å². The molecule has 3 heteroatoms. The van der Waals surface area contributed by atoms with E-state index in [1.165, 1.54) is 25.9 Å². The molecule has 0 bridgehead atoms. The second-order valence-corrected chi connectivity index (χ2v) is 5.15. The minimum absolute atomic E-state index is 0.509. The van der Waals surface area contributed by atoms with Gasteiger partial charge in [0, 0.05) is 19.1 Å². The first kappa shape index (κ1) is 13.9. The molecule has 0 aromatic heterocycles. The third kappa shape index (κ3) is 4.04. The number of hydrogen-bond acceptors (Lipinski definition) is 3. The zero-order valence-electron chi connectivity index (χ0n) is 11.1. The molecule has 0 aliphatic carbocycles. The van der Waals surface area contributed by atoms with Gasteiger partial charge in [0.1, 0.15) is 0 Å². The van der Waals surface area contributed by atoms with Crippen LogP contribution in [-0.4, -0.2) is 47.8 Å². The summed E-state index contributed by atoms with van der Waals surface area (Å²) in [5.74, 6) is 0. The monoisotopic (exact) mass is 228 g/mol. The molecule has 2 N–H and O–H groups in total. The van der Waals surface area contributed by atoms with Crippen molar-refractivity contribution in [3.8, 4) is 0 Å². The summed E-state index contributed by atoms with van der Waals surface area (Å²) in [6.07, 6.45) is 4.35. The van der Waals surface area contributed by atoms with Crippen LogP contribution in [0.3, 0.4) is 0 Å². The summed E-state index contributed by atoms with van der Waals surface area (Å²) in [4.78, 5) is 2.53. The van der Waals surface area contributed by atoms with Crippen LogP contribution in [0.1, 0.15) is 46.5 Å². The SMILES string of the molecule is CCC(O)(CC)CNCC(C)N1CCCC1. The van der Waals surface area contributed by atoms with Crippen molar-refractivity contribution in [3.63, 3.8) is 0 Å². The van der Waals surface area contributed by atoms with Crippen molar-refractivity contribution in [2.45, 2.75) is 58.1 Å². The Morgan fingerprint density at radius 3 is 2.31 bits per heavy atom. The molecular formula is C13H28N2O. The van der Waals surface area contributed by atoms with Gasteiger partial charge in [-0.3, -0.25) is 4.90 Å². The Morgan fingerprint density at radius 1 is 1.25 bits per heavy atom. The molecule has 96 valence electrons. The number of likely N-dealkylation sites (tertiary alicyclic amines) is 1. The molecule has 1 unspecified atom stereocenters. The molecule has 0 aromatic carbocycles. The minimum Gasteiger partial charge on any atom is -0.389 e. The van der Waals surface area contributed by atoms with E-state index in [1.807, 2.05) is 0 Å². The summed E-state index contributed by atoms with van der Waals surface area (Å²) >= 11 is 0. The molecule has 0 amide bonds. The third-order valence-corrected chi connectivity index (χ3v) is 3.97. The van der Waals surface area contributed by atoms with E-state index >= 15 is 0 Å². The first-order valence-electron chi connectivity index (χ1n) is 6.78. The highest BCUT2D eigenvalue weighted by atomic mass is 16.3. The standard InChI is InChI=1S/C13H28N2O/c1-4-13(16,5-2)11-14-10-12(3)15-8-6-7-9-15/h12,14,16H,4-11H2,1-3H3. The molecule has 16 heavy (non-hydrogen) atoms. The van der Waals surface area contributed by atoms with E-state index in [0.29, 0.717) is 6.04 Å². The molecule has 1 saturated heterocycles. The molecule has 1 heterocycles. The fraction of sp³-hybridized carbons (Fsp3) is 1.00. The van der Waals surface area contributed by atoms with Gasteiger partial charge in [0.25, 0.3) is 0 Å². The van der Waals surface area contributed by atoms with E-state index in [0.717, 1.165) is 25.9 Å². The van der Waals surface area contributed by atoms with E-state index < -0.39 is 5.60 Å². The van der Waals surface area contributed by atoms with Gasteiger partial charge >= 0.3 is 0 Å². The average molecular weight is 228 g/mol. The molecule has 0 aromatic rings. The van der Waals surface area contributed by atoms with Gasteiger partial charge in [-0.05, 0) is 45.7 Å². The van der Waals surface area contributed by atoms with Gasteiger partial charge in [0.05, 0.1) is 5.60 Å². The van der Waals surface area contributed by atoms with Crippen molar-refractivity contribution < 1.29 is 5.11 Å². The Hall–Kier alpha value is -0.120.